The Kier molecular flexibility index (Phi) is 4.06. The first kappa shape index (κ1) is 14.3. The fourth-order valence-electron chi connectivity index (χ4n) is 3.12. The van der Waals surface area contributed by atoms with Crippen LogP contribution < -0.4 is 5.73 Å². The maximum Gasteiger partial charge on any atom is 0.231 e. The molecule has 0 unspecified atom stereocenters. The molecule has 0 aliphatic heterocycles. The van der Waals surface area contributed by atoms with E-state index in [9.17, 15) is 0 Å². The van der Waals surface area contributed by atoms with Gasteiger partial charge in [-0.2, -0.15) is 4.98 Å². The lowest BCUT2D eigenvalue weighted by atomic mass is 9.76. The standard InChI is InChI=1S/C17H23N3O/c1-2-13-8-10-17(18,11-9-13)16-19-15(21-20-16)12-14-6-4-3-5-7-14/h3-7,13H,2,8-12,18H2,1H3. The normalized spacial score (nSPS) is 25.9. The molecule has 0 radical (unpaired) electrons. The Bertz CT molecular complexity index is 571. The Labute approximate surface area is 125 Å². The van der Waals surface area contributed by atoms with Crippen molar-refractivity contribution in [2.24, 2.45) is 11.7 Å². The number of hydrogen-bond donors (Lipinski definition) is 1. The zero-order valence-electron chi connectivity index (χ0n) is 12.6. The van der Waals surface area contributed by atoms with Crippen LogP contribution in [-0.2, 0) is 12.0 Å². The van der Waals surface area contributed by atoms with Crippen molar-refractivity contribution in [3.05, 3.63) is 47.6 Å². The number of rotatable bonds is 4. The molecule has 1 aromatic heterocycles. The number of benzene rings is 1. The van der Waals surface area contributed by atoms with Crippen LogP contribution in [0.5, 0.6) is 0 Å². The lowest BCUT2D eigenvalue weighted by Gasteiger charge is -2.34. The van der Waals surface area contributed by atoms with Gasteiger partial charge in [-0.25, -0.2) is 0 Å². The van der Waals surface area contributed by atoms with Crippen molar-refractivity contribution >= 4 is 0 Å². The van der Waals surface area contributed by atoms with Gasteiger partial charge in [0, 0.05) is 0 Å². The summed E-state index contributed by atoms with van der Waals surface area (Å²) in [5, 5.41) is 4.15. The van der Waals surface area contributed by atoms with Crippen molar-refractivity contribution in [3.63, 3.8) is 0 Å². The van der Waals surface area contributed by atoms with Gasteiger partial charge in [0.05, 0.1) is 12.0 Å². The summed E-state index contributed by atoms with van der Waals surface area (Å²) in [5.74, 6) is 2.14. The van der Waals surface area contributed by atoms with Crippen molar-refractivity contribution < 1.29 is 4.52 Å². The van der Waals surface area contributed by atoms with Crippen LogP contribution in [-0.4, -0.2) is 10.1 Å². The van der Waals surface area contributed by atoms with E-state index in [1.54, 1.807) is 0 Å². The molecule has 1 heterocycles. The number of nitrogens with zero attached hydrogens (tertiary/aromatic N) is 2. The minimum Gasteiger partial charge on any atom is -0.339 e. The van der Waals surface area contributed by atoms with Gasteiger partial charge in [0.25, 0.3) is 0 Å². The van der Waals surface area contributed by atoms with E-state index in [1.165, 1.54) is 12.0 Å². The van der Waals surface area contributed by atoms with Crippen molar-refractivity contribution in [1.29, 1.82) is 0 Å². The predicted octanol–water partition coefficient (Wildman–Crippen LogP) is 3.41. The summed E-state index contributed by atoms with van der Waals surface area (Å²) in [6, 6.07) is 10.2. The van der Waals surface area contributed by atoms with Crippen LogP contribution in [0.1, 0.15) is 56.3 Å². The van der Waals surface area contributed by atoms with Gasteiger partial charge in [-0.1, -0.05) is 48.8 Å². The Morgan fingerprint density at radius 3 is 2.62 bits per heavy atom. The van der Waals surface area contributed by atoms with E-state index >= 15 is 0 Å². The third-order valence-corrected chi connectivity index (χ3v) is 4.69. The Morgan fingerprint density at radius 2 is 1.95 bits per heavy atom. The second-order valence-electron chi connectivity index (χ2n) is 6.18. The maximum absolute atomic E-state index is 6.52. The van der Waals surface area contributed by atoms with Gasteiger partial charge < -0.3 is 10.3 Å². The zero-order chi connectivity index (χ0) is 14.7. The minimum atomic E-state index is -0.399. The molecule has 3 rings (SSSR count). The highest BCUT2D eigenvalue weighted by molar-refractivity contribution is 5.18. The third kappa shape index (κ3) is 3.16. The van der Waals surface area contributed by atoms with Crippen molar-refractivity contribution in [3.8, 4) is 0 Å². The minimum absolute atomic E-state index is 0.399. The van der Waals surface area contributed by atoms with Crippen LogP contribution >= 0.6 is 0 Å². The maximum atomic E-state index is 6.52. The molecule has 0 saturated heterocycles. The van der Waals surface area contributed by atoms with E-state index in [2.05, 4.69) is 29.2 Å². The highest BCUT2D eigenvalue weighted by atomic mass is 16.5. The van der Waals surface area contributed by atoms with Crippen LogP contribution in [0.15, 0.2) is 34.9 Å². The molecule has 1 fully saturated rings. The summed E-state index contributed by atoms with van der Waals surface area (Å²) in [5.41, 5.74) is 7.29. The highest BCUT2D eigenvalue weighted by Gasteiger charge is 2.36. The predicted molar refractivity (Wildman–Crippen MR) is 81.7 cm³/mol. The number of aromatic nitrogens is 2. The Morgan fingerprint density at radius 1 is 1.24 bits per heavy atom. The second kappa shape index (κ2) is 5.98. The highest BCUT2D eigenvalue weighted by Crippen LogP contribution is 2.37. The first-order valence-corrected chi connectivity index (χ1v) is 7.85. The molecule has 1 aliphatic rings. The van der Waals surface area contributed by atoms with Gasteiger partial charge in [-0.05, 0) is 37.2 Å². The van der Waals surface area contributed by atoms with Gasteiger partial charge in [0.15, 0.2) is 5.82 Å². The lowest BCUT2D eigenvalue weighted by Crippen LogP contribution is -2.41. The molecule has 1 aliphatic carbocycles. The molecule has 4 nitrogen and oxygen atoms in total. The third-order valence-electron chi connectivity index (χ3n) is 4.69. The summed E-state index contributed by atoms with van der Waals surface area (Å²) >= 11 is 0. The van der Waals surface area contributed by atoms with Crippen LogP contribution in [0, 0.1) is 5.92 Å². The van der Waals surface area contributed by atoms with E-state index in [0.717, 1.165) is 31.6 Å². The topological polar surface area (TPSA) is 64.9 Å². The smallest absolute Gasteiger partial charge is 0.231 e. The van der Waals surface area contributed by atoms with E-state index in [1.807, 2.05) is 18.2 Å². The van der Waals surface area contributed by atoms with Crippen LogP contribution in [0.3, 0.4) is 0 Å². The molecule has 4 heteroatoms. The monoisotopic (exact) mass is 285 g/mol. The summed E-state index contributed by atoms with van der Waals surface area (Å²) in [4.78, 5) is 4.55. The average molecular weight is 285 g/mol. The molecule has 2 aromatic rings. The number of nitrogens with two attached hydrogens (primary N) is 1. The van der Waals surface area contributed by atoms with Crippen molar-refractivity contribution in [2.45, 2.75) is 51.0 Å². The second-order valence-corrected chi connectivity index (χ2v) is 6.18. The van der Waals surface area contributed by atoms with Crippen LogP contribution in [0.4, 0.5) is 0 Å². The van der Waals surface area contributed by atoms with Crippen molar-refractivity contribution in [2.75, 3.05) is 0 Å². The van der Waals surface area contributed by atoms with Gasteiger partial charge in [0.1, 0.15) is 0 Å². The lowest BCUT2D eigenvalue weighted by molar-refractivity contribution is 0.216. The zero-order valence-corrected chi connectivity index (χ0v) is 12.6. The molecule has 0 bridgehead atoms. The Hall–Kier alpha value is -1.68. The van der Waals surface area contributed by atoms with Gasteiger partial charge in [-0.3, -0.25) is 0 Å². The van der Waals surface area contributed by atoms with E-state index < -0.39 is 5.54 Å². The first-order chi connectivity index (χ1) is 10.2. The summed E-state index contributed by atoms with van der Waals surface area (Å²) in [6.07, 6.45) is 6.14. The number of hydrogen-bond acceptors (Lipinski definition) is 4. The van der Waals surface area contributed by atoms with Gasteiger partial charge in [0.2, 0.25) is 5.89 Å². The van der Waals surface area contributed by atoms with E-state index in [0.29, 0.717) is 18.1 Å². The average Bonchev–Trinajstić information content (AvgIpc) is 2.98. The molecule has 112 valence electrons. The molecule has 21 heavy (non-hydrogen) atoms. The molecule has 0 spiro atoms. The quantitative estimate of drug-likeness (QED) is 0.935. The molecular weight excluding hydrogens is 262 g/mol. The fourth-order valence-corrected chi connectivity index (χ4v) is 3.12. The van der Waals surface area contributed by atoms with Gasteiger partial charge >= 0.3 is 0 Å². The molecule has 2 N–H and O–H groups in total. The molecular formula is C17H23N3O. The molecule has 0 amide bonds. The first-order valence-electron chi connectivity index (χ1n) is 7.85. The van der Waals surface area contributed by atoms with Crippen LogP contribution in [0.2, 0.25) is 0 Å². The summed E-state index contributed by atoms with van der Waals surface area (Å²) in [7, 11) is 0. The molecule has 1 aromatic carbocycles. The largest absolute Gasteiger partial charge is 0.339 e. The van der Waals surface area contributed by atoms with Crippen molar-refractivity contribution in [1.82, 2.24) is 10.1 Å². The molecule has 1 saturated carbocycles. The van der Waals surface area contributed by atoms with E-state index in [4.69, 9.17) is 10.3 Å². The SMILES string of the molecule is CCC1CCC(N)(c2noc(Cc3ccccc3)n2)CC1. The van der Waals surface area contributed by atoms with Gasteiger partial charge in [-0.15, -0.1) is 0 Å². The Balaban J connectivity index is 1.70. The summed E-state index contributed by atoms with van der Waals surface area (Å²) in [6.45, 7) is 2.25. The fraction of sp³-hybridized carbons (Fsp3) is 0.529. The molecule has 0 atom stereocenters. The van der Waals surface area contributed by atoms with E-state index in [-0.39, 0.29) is 0 Å². The summed E-state index contributed by atoms with van der Waals surface area (Å²) < 4.78 is 5.40. The van der Waals surface area contributed by atoms with Crippen LogP contribution in [0.25, 0.3) is 0 Å².